The van der Waals surface area contributed by atoms with Gasteiger partial charge in [0.05, 0.1) is 30.3 Å². The number of carbonyl (C=O) groups is 1. The maximum atomic E-state index is 11.4. The Bertz CT molecular complexity index is 522. The van der Waals surface area contributed by atoms with Crippen LogP contribution in [0.3, 0.4) is 0 Å². The second-order valence-electron chi connectivity index (χ2n) is 4.54. The first-order valence-corrected chi connectivity index (χ1v) is 6.11. The van der Waals surface area contributed by atoms with Crippen LogP contribution in [0.15, 0.2) is 24.3 Å². The highest BCUT2D eigenvalue weighted by molar-refractivity contribution is 5.88. The highest BCUT2D eigenvalue weighted by atomic mass is 16.6. The number of hydrogen-bond donors (Lipinski definition) is 0. The van der Waals surface area contributed by atoms with Gasteiger partial charge in [0.1, 0.15) is 5.75 Å². The number of nitro groups is 1. The summed E-state index contributed by atoms with van der Waals surface area (Å²) < 4.78 is 9.88. The summed E-state index contributed by atoms with van der Waals surface area (Å²) in [7, 11) is 1.43. The molecule has 0 fully saturated rings. The first-order chi connectivity index (χ1) is 9.43. The van der Waals surface area contributed by atoms with E-state index in [1.165, 1.54) is 31.4 Å². The summed E-state index contributed by atoms with van der Waals surface area (Å²) in [6.45, 7) is 4.16. The summed E-state index contributed by atoms with van der Waals surface area (Å²) in [5.74, 6) is 0.0997. The highest BCUT2D eigenvalue weighted by Crippen LogP contribution is 2.25. The fourth-order valence-corrected chi connectivity index (χ4v) is 1.40. The number of rotatable bonds is 6. The minimum Gasteiger partial charge on any atom is -0.497 e. The number of benzene rings is 1. The zero-order valence-corrected chi connectivity index (χ0v) is 11.7. The highest BCUT2D eigenvalue weighted by Gasteiger charge is 2.13. The van der Waals surface area contributed by atoms with Gasteiger partial charge in [0, 0.05) is 6.08 Å². The molecule has 1 aromatic rings. The van der Waals surface area contributed by atoms with Gasteiger partial charge in [0.15, 0.2) is 0 Å². The van der Waals surface area contributed by atoms with Crippen LogP contribution in [-0.2, 0) is 9.53 Å². The molecule has 0 N–H and O–H groups in total. The second kappa shape index (κ2) is 7.28. The van der Waals surface area contributed by atoms with Crippen molar-refractivity contribution in [2.24, 2.45) is 5.92 Å². The van der Waals surface area contributed by atoms with Gasteiger partial charge in [-0.3, -0.25) is 10.1 Å². The Morgan fingerprint density at radius 1 is 1.45 bits per heavy atom. The molecule has 0 aliphatic carbocycles. The van der Waals surface area contributed by atoms with Crippen LogP contribution in [0, 0.1) is 16.0 Å². The smallest absolute Gasteiger partial charge is 0.330 e. The zero-order valence-electron chi connectivity index (χ0n) is 11.7. The van der Waals surface area contributed by atoms with Crippen LogP contribution >= 0.6 is 0 Å². The van der Waals surface area contributed by atoms with E-state index in [4.69, 9.17) is 9.47 Å². The molecule has 6 nitrogen and oxygen atoms in total. The molecule has 0 aromatic heterocycles. The summed E-state index contributed by atoms with van der Waals surface area (Å²) in [4.78, 5) is 21.8. The molecule has 6 heteroatoms. The molecule has 0 radical (unpaired) electrons. The van der Waals surface area contributed by atoms with Gasteiger partial charge in [-0.1, -0.05) is 13.8 Å². The lowest BCUT2D eigenvalue weighted by molar-refractivity contribution is -0.385. The molecule has 20 heavy (non-hydrogen) atoms. The van der Waals surface area contributed by atoms with Crippen LogP contribution in [0.25, 0.3) is 6.08 Å². The first kappa shape index (κ1) is 15.7. The standard InChI is InChI=1S/C14H17NO5/c1-10(2)9-20-14(16)7-5-11-4-6-12(19-3)8-13(11)15(17)18/h4-8,10H,9H2,1-3H3/b7-5+. The second-order valence-corrected chi connectivity index (χ2v) is 4.54. The van der Waals surface area contributed by atoms with Crippen molar-refractivity contribution in [3.63, 3.8) is 0 Å². The van der Waals surface area contributed by atoms with Gasteiger partial charge in [-0.25, -0.2) is 4.79 Å². The number of ether oxygens (including phenoxy) is 2. The lowest BCUT2D eigenvalue weighted by atomic mass is 10.1. The predicted octanol–water partition coefficient (Wildman–Crippen LogP) is 2.82. The van der Waals surface area contributed by atoms with Crippen molar-refractivity contribution in [2.75, 3.05) is 13.7 Å². The number of esters is 1. The predicted molar refractivity (Wildman–Crippen MR) is 74.5 cm³/mol. The van der Waals surface area contributed by atoms with Crippen molar-refractivity contribution in [3.8, 4) is 5.75 Å². The van der Waals surface area contributed by atoms with Crippen LogP contribution in [0.1, 0.15) is 19.4 Å². The average Bonchev–Trinajstić information content (AvgIpc) is 2.42. The Balaban J connectivity index is 2.86. The molecule has 0 heterocycles. The summed E-state index contributed by atoms with van der Waals surface area (Å²) in [5, 5.41) is 10.9. The molecule has 1 aromatic carbocycles. The number of carbonyl (C=O) groups excluding carboxylic acids is 1. The number of hydrogen-bond acceptors (Lipinski definition) is 5. The van der Waals surface area contributed by atoms with Crippen molar-refractivity contribution >= 4 is 17.7 Å². The molecule has 0 aliphatic rings. The Hall–Kier alpha value is -2.37. The molecule has 0 aliphatic heterocycles. The molecule has 0 saturated heterocycles. The van der Waals surface area contributed by atoms with E-state index in [2.05, 4.69) is 0 Å². The van der Waals surface area contributed by atoms with Crippen LogP contribution < -0.4 is 4.74 Å². The topological polar surface area (TPSA) is 78.7 Å². The Morgan fingerprint density at radius 2 is 2.15 bits per heavy atom. The van der Waals surface area contributed by atoms with E-state index in [0.29, 0.717) is 17.9 Å². The maximum Gasteiger partial charge on any atom is 0.330 e. The quantitative estimate of drug-likeness (QED) is 0.346. The zero-order chi connectivity index (χ0) is 15.1. The Kier molecular flexibility index (Phi) is 5.71. The van der Waals surface area contributed by atoms with E-state index in [9.17, 15) is 14.9 Å². The number of nitro benzene ring substituents is 1. The third-order valence-corrected chi connectivity index (χ3v) is 2.39. The fourth-order valence-electron chi connectivity index (χ4n) is 1.40. The summed E-state index contributed by atoms with van der Waals surface area (Å²) in [6.07, 6.45) is 2.54. The lowest BCUT2D eigenvalue weighted by Gasteiger charge is -2.04. The van der Waals surface area contributed by atoms with E-state index in [1.54, 1.807) is 6.07 Å². The molecule has 0 atom stereocenters. The molecule has 108 valence electrons. The largest absolute Gasteiger partial charge is 0.497 e. The molecule has 0 amide bonds. The van der Waals surface area contributed by atoms with Crippen LogP contribution in [-0.4, -0.2) is 24.6 Å². The van der Waals surface area contributed by atoms with Gasteiger partial charge in [-0.05, 0) is 24.1 Å². The van der Waals surface area contributed by atoms with Gasteiger partial charge in [0.25, 0.3) is 5.69 Å². The summed E-state index contributed by atoms with van der Waals surface area (Å²) >= 11 is 0. The number of methoxy groups -OCH3 is 1. The third-order valence-electron chi connectivity index (χ3n) is 2.39. The molecule has 0 spiro atoms. The van der Waals surface area contributed by atoms with Crippen LogP contribution in [0.2, 0.25) is 0 Å². The first-order valence-electron chi connectivity index (χ1n) is 6.11. The van der Waals surface area contributed by atoms with E-state index in [0.717, 1.165) is 0 Å². The minimum absolute atomic E-state index is 0.128. The molecule has 0 bridgehead atoms. The van der Waals surface area contributed by atoms with Crippen molar-refractivity contribution < 1.29 is 19.2 Å². The van der Waals surface area contributed by atoms with Crippen molar-refractivity contribution in [2.45, 2.75) is 13.8 Å². The normalized spacial score (nSPS) is 10.8. The monoisotopic (exact) mass is 279 g/mol. The van der Waals surface area contributed by atoms with E-state index in [-0.39, 0.29) is 11.6 Å². The van der Waals surface area contributed by atoms with Crippen molar-refractivity contribution in [1.82, 2.24) is 0 Å². The molecular weight excluding hydrogens is 262 g/mol. The number of nitrogens with zero attached hydrogens (tertiary/aromatic N) is 1. The van der Waals surface area contributed by atoms with E-state index >= 15 is 0 Å². The molecule has 0 saturated carbocycles. The SMILES string of the molecule is COc1ccc(/C=C/C(=O)OCC(C)C)c([N+](=O)[O-])c1. The third kappa shape index (κ3) is 4.72. The van der Waals surface area contributed by atoms with Crippen LogP contribution in [0.4, 0.5) is 5.69 Å². The van der Waals surface area contributed by atoms with Crippen molar-refractivity contribution in [3.05, 3.63) is 40.0 Å². The van der Waals surface area contributed by atoms with Gasteiger partial charge in [-0.2, -0.15) is 0 Å². The van der Waals surface area contributed by atoms with Crippen LogP contribution in [0.5, 0.6) is 5.75 Å². The Morgan fingerprint density at radius 3 is 2.70 bits per heavy atom. The van der Waals surface area contributed by atoms with E-state index in [1.807, 2.05) is 13.8 Å². The summed E-state index contributed by atoms with van der Waals surface area (Å²) in [6, 6.07) is 4.41. The van der Waals surface area contributed by atoms with Gasteiger partial charge < -0.3 is 9.47 Å². The van der Waals surface area contributed by atoms with Gasteiger partial charge in [-0.15, -0.1) is 0 Å². The van der Waals surface area contributed by atoms with Crippen molar-refractivity contribution in [1.29, 1.82) is 0 Å². The minimum atomic E-state index is -0.526. The van der Waals surface area contributed by atoms with E-state index < -0.39 is 10.9 Å². The molecular formula is C14H17NO5. The maximum absolute atomic E-state index is 11.4. The average molecular weight is 279 g/mol. The Labute approximate surface area is 117 Å². The van der Waals surface area contributed by atoms with Gasteiger partial charge >= 0.3 is 5.97 Å². The lowest BCUT2D eigenvalue weighted by Crippen LogP contribution is -2.07. The molecule has 1 rings (SSSR count). The fraction of sp³-hybridized carbons (Fsp3) is 0.357. The summed E-state index contributed by atoms with van der Waals surface area (Å²) in [5.41, 5.74) is 0.189. The molecule has 0 unspecified atom stereocenters. The van der Waals surface area contributed by atoms with Gasteiger partial charge in [0.2, 0.25) is 0 Å².